The van der Waals surface area contributed by atoms with E-state index in [1.807, 2.05) is 6.92 Å². The summed E-state index contributed by atoms with van der Waals surface area (Å²) < 4.78 is 38.1. The van der Waals surface area contributed by atoms with Gasteiger partial charge in [-0.25, -0.2) is 13.1 Å². The minimum absolute atomic E-state index is 0.104. The van der Waals surface area contributed by atoms with Gasteiger partial charge in [0.25, 0.3) is 11.8 Å². The molecule has 0 fully saturated rings. The van der Waals surface area contributed by atoms with Crippen LogP contribution < -0.4 is 24.8 Å². The highest BCUT2D eigenvalue weighted by Crippen LogP contribution is 2.26. The zero-order valence-corrected chi connectivity index (χ0v) is 18.7. The number of hydrogen-bond acceptors (Lipinski definition) is 6. The summed E-state index contributed by atoms with van der Waals surface area (Å²) in [6.45, 7) is 5.63. The van der Waals surface area contributed by atoms with E-state index in [1.165, 1.54) is 25.3 Å². The summed E-state index contributed by atoms with van der Waals surface area (Å²) >= 11 is 0. The number of amides is 2. The van der Waals surface area contributed by atoms with Gasteiger partial charge in [-0.1, -0.05) is 0 Å². The molecule has 0 saturated carbocycles. The van der Waals surface area contributed by atoms with E-state index in [-0.39, 0.29) is 34.8 Å². The Morgan fingerprint density at radius 3 is 2.32 bits per heavy atom. The van der Waals surface area contributed by atoms with Crippen LogP contribution in [0.4, 0.5) is 5.69 Å². The molecule has 0 aliphatic heterocycles. The van der Waals surface area contributed by atoms with E-state index < -0.39 is 15.9 Å². The van der Waals surface area contributed by atoms with E-state index in [4.69, 9.17) is 9.47 Å². The molecule has 2 aromatic carbocycles. The van der Waals surface area contributed by atoms with Crippen molar-refractivity contribution in [3.05, 3.63) is 48.0 Å². The maximum absolute atomic E-state index is 12.6. The molecule has 0 radical (unpaired) electrons. The van der Waals surface area contributed by atoms with Crippen molar-refractivity contribution < 1.29 is 27.5 Å². The predicted octanol–water partition coefficient (Wildman–Crippen LogP) is 2.15. The quantitative estimate of drug-likeness (QED) is 0.511. The van der Waals surface area contributed by atoms with E-state index in [9.17, 15) is 18.0 Å². The van der Waals surface area contributed by atoms with Crippen molar-refractivity contribution in [2.75, 3.05) is 25.6 Å². The lowest BCUT2D eigenvalue weighted by atomic mass is 10.2. The van der Waals surface area contributed by atoms with Crippen LogP contribution in [0.2, 0.25) is 0 Å². The molecule has 3 N–H and O–H groups in total. The fourth-order valence-electron chi connectivity index (χ4n) is 2.64. The maximum atomic E-state index is 12.6. The fraction of sp³-hybridized carbons (Fsp3) is 0.333. The molecule has 0 spiro atoms. The topological polar surface area (TPSA) is 123 Å². The van der Waals surface area contributed by atoms with Crippen LogP contribution in [0.15, 0.2) is 47.4 Å². The Kier molecular flexibility index (Phi) is 8.40. The highest BCUT2D eigenvalue weighted by Gasteiger charge is 2.22. The van der Waals surface area contributed by atoms with E-state index in [0.717, 1.165) is 0 Å². The molecule has 10 heteroatoms. The van der Waals surface area contributed by atoms with Gasteiger partial charge in [0.1, 0.15) is 16.4 Å². The van der Waals surface area contributed by atoms with Gasteiger partial charge in [-0.2, -0.15) is 0 Å². The normalized spacial score (nSPS) is 11.1. The minimum atomic E-state index is -3.86. The summed E-state index contributed by atoms with van der Waals surface area (Å²) in [4.78, 5) is 24.0. The second-order valence-corrected chi connectivity index (χ2v) is 8.54. The molecular formula is C21H27N3O6S. The van der Waals surface area contributed by atoms with Crippen LogP contribution in [0.25, 0.3) is 0 Å². The van der Waals surface area contributed by atoms with Gasteiger partial charge in [-0.3, -0.25) is 9.59 Å². The number of hydrogen-bond donors (Lipinski definition) is 3. The van der Waals surface area contributed by atoms with Crippen LogP contribution in [0.3, 0.4) is 0 Å². The molecule has 9 nitrogen and oxygen atoms in total. The van der Waals surface area contributed by atoms with Crippen LogP contribution in [0.1, 0.15) is 31.1 Å². The van der Waals surface area contributed by atoms with Gasteiger partial charge in [0.2, 0.25) is 10.0 Å². The molecule has 0 heterocycles. The molecule has 0 atom stereocenters. The van der Waals surface area contributed by atoms with Crippen molar-refractivity contribution in [1.82, 2.24) is 10.0 Å². The molecule has 0 aromatic heterocycles. The molecule has 0 aliphatic rings. The lowest BCUT2D eigenvalue weighted by Crippen LogP contribution is -2.30. The smallest absolute Gasteiger partial charge is 0.257 e. The number of benzene rings is 2. The summed E-state index contributed by atoms with van der Waals surface area (Å²) in [6.07, 6.45) is 0. The van der Waals surface area contributed by atoms with Gasteiger partial charge >= 0.3 is 0 Å². The largest absolute Gasteiger partial charge is 0.495 e. The summed E-state index contributed by atoms with van der Waals surface area (Å²) in [5.74, 6) is -0.100. The van der Waals surface area contributed by atoms with Crippen LogP contribution in [0, 0.1) is 0 Å². The van der Waals surface area contributed by atoms with Gasteiger partial charge in [0.15, 0.2) is 6.61 Å². The Labute approximate surface area is 182 Å². The SMILES string of the molecule is CCNC(=O)COc1ccc(NC(=O)c2ccc(OC)c(S(=O)(=O)NC(C)C)c2)cc1. The van der Waals surface area contributed by atoms with E-state index >= 15 is 0 Å². The van der Waals surface area contributed by atoms with Gasteiger partial charge in [0.05, 0.1) is 7.11 Å². The number of sulfonamides is 1. The molecule has 0 unspecified atom stereocenters. The van der Waals surface area contributed by atoms with E-state index in [0.29, 0.717) is 18.0 Å². The van der Waals surface area contributed by atoms with Crippen molar-refractivity contribution >= 4 is 27.5 Å². The number of ether oxygens (including phenoxy) is 2. The Morgan fingerprint density at radius 2 is 1.74 bits per heavy atom. The number of carbonyl (C=O) groups is 2. The van der Waals surface area contributed by atoms with Gasteiger partial charge < -0.3 is 20.1 Å². The number of anilines is 1. The summed E-state index contributed by atoms with van der Waals surface area (Å²) in [5.41, 5.74) is 0.636. The lowest BCUT2D eigenvalue weighted by molar-refractivity contribution is -0.122. The molecule has 2 amide bonds. The average molecular weight is 450 g/mol. The van der Waals surface area contributed by atoms with Crippen LogP contribution in [-0.2, 0) is 14.8 Å². The number of nitrogens with one attached hydrogen (secondary N) is 3. The zero-order chi connectivity index (χ0) is 23.0. The first-order valence-corrected chi connectivity index (χ1v) is 11.2. The minimum Gasteiger partial charge on any atom is -0.495 e. The third-order valence-electron chi connectivity index (χ3n) is 3.96. The number of methoxy groups -OCH3 is 1. The lowest BCUT2D eigenvalue weighted by Gasteiger charge is -2.14. The summed E-state index contributed by atoms with van der Waals surface area (Å²) in [7, 11) is -2.50. The van der Waals surface area contributed by atoms with Crippen LogP contribution in [0.5, 0.6) is 11.5 Å². The van der Waals surface area contributed by atoms with Crippen LogP contribution >= 0.6 is 0 Å². The molecule has 2 rings (SSSR count). The molecular weight excluding hydrogens is 422 g/mol. The Morgan fingerprint density at radius 1 is 1.06 bits per heavy atom. The van der Waals surface area contributed by atoms with Crippen LogP contribution in [-0.4, -0.2) is 46.5 Å². The Hall–Kier alpha value is -3.11. The fourth-order valence-corrected chi connectivity index (χ4v) is 4.08. The second kappa shape index (κ2) is 10.8. The zero-order valence-electron chi connectivity index (χ0n) is 17.9. The van der Waals surface area contributed by atoms with Gasteiger partial charge in [0, 0.05) is 23.8 Å². The monoisotopic (exact) mass is 449 g/mol. The van der Waals surface area contributed by atoms with Crippen molar-refractivity contribution in [2.24, 2.45) is 0 Å². The van der Waals surface area contributed by atoms with Crippen molar-refractivity contribution in [2.45, 2.75) is 31.7 Å². The van der Waals surface area contributed by atoms with Crippen molar-refractivity contribution in [3.8, 4) is 11.5 Å². The number of likely N-dealkylation sites (N-methyl/N-ethyl adjacent to an activating group) is 1. The first-order valence-electron chi connectivity index (χ1n) is 9.67. The van der Waals surface area contributed by atoms with Crippen molar-refractivity contribution in [1.29, 1.82) is 0 Å². The highest BCUT2D eigenvalue weighted by molar-refractivity contribution is 7.89. The number of rotatable bonds is 10. The third-order valence-corrected chi connectivity index (χ3v) is 5.64. The molecule has 0 aliphatic carbocycles. The third kappa shape index (κ3) is 6.97. The first kappa shape index (κ1) is 24.2. The molecule has 0 bridgehead atoms. The first-order chi connectivity index (χ1) is 14.7. The number of carbonyl (C=O) groups excluding carboxylic acids is 2. The van der Waals surface area contributed by atoms with Gasteiger partial charge in [-0.15, -0.1) is 0 Å². The van der Waals surface area contributed by atoms with Crippen molar-refractivity contribution in [3.63, 3.8) is 0 Å². The standard InChI is InChI=1S/C21H27N3O6S/c1-5-22-20(25)13-30-17-9-7-16(8-10-17)23-21(26)15-6-11-18(29-4)19(12-15)31(27,28)24-14(2)3/h6-12,14,24H,5,13H2,1-4H3,(H,22,25)(H,23,26). The molecule has 0 saturated heterocycles. The second-order valence-electron chi connectivity index (χ2n) is 6.86. The Bertz CT molecular complexity index is 1020. The summed E-state index contributed by atoms with van der Waals surface area (Å²) in [6, 6.07) is 10.3. The predicted molar refractivity (Wildman–Crippen MR) is 117 cm³/mol. The average Bonchev–Trinajstić information content (AvgIpc) is 2.72. The Balaban J connectivity index is 2.13. The molecule has 168 valence electrons. The summed E-state index contributed by atoms with van der Waals surface area (Å²) in [5, 5.41) is 5.33. The van der Waals surface area contributed by atoms with E-state index in [1.54, 1.807) is 38.1 Å². The highest BCUT2D eigenvalue weighted by atomic mass is 32.2. The molecule has 31 heavy (non-hydrogen) atoms. The van der Waals surface area contributed by atoms with Gasteiger partial charge in [-0.05, 0) is 63.2 Å². The van der Waals surface area contributed by atoms with E-state index in [2.05, 4.69) is 15.4 Å². The maximum Gasteiger partial charge on any atom is 0.257 e. The molecule has 2 aromatic rings.